The van der Waals surface area contributed by atoms with Gasteiger partial charge in [-0.3, -0.25) is 4.98 Å². The Balaban J connectivity index is 2.07. The summed E-state index contributed by atoms with van der Waals surface area (Å²) in [6.45, 7) is 4.84. The number of rotatable bonds is 5. The van der Waals surface area contributed by atoms with Gasteiger partial charge in [0.2, 0.25) is 0 Å². The minimum Gasteiger partial charge on any atom is -0.310 e. The van der Waals surface area contributed by atoms with Crippen molar-refractivity contribution in [2.24, 2.45) is 0 Å². The summed E-state index contributed by atoms with van der Waals surface area (Å²) in [5.41, 5.74) is 0.963. The second-order valence-corrected chi connectivity index (χ2v) is 5.70. The van der Waals surface area contributed by atoms with Gasteiger partial charge in [0.15, 0.2) is 0 Å². The third kappa shape index (κ3) is 4.33. The summed E-state index contributed by atoms with van der Waals surface area (Å²) in [6.07, 6.45) is 3.42. The molecule has 100 valence electrons. The van der Waals surface area contributed by atoms with Crippen LogP contribution in [-0.4, -0.2) is 11.0 Å². The van der Waals surface area contributed by atoms with Gasteiger partial charge in [-0.05, 0) is 29.8 Å². The third-order valence-corrected chi connectivity index (χ3v) is 3.65. The van der Waals surface area contributed by atoms with Crippen LogP contribution in [0.2, 0.25) is 0 Å². The van der Waals surface area contributed by atoms with Crippen LogP contribution in [0.5, 0.6) is 0 Å². The van der Waals surface area contributed by atoms with E-state index in [-0.39, 0.29) is 5.82 Å². The largest absolute Gasteiger partial charge is 0.310 e. The Morgan fingerprint density at radius 3 is 2.58 bits per heavy atom. The standard InChI is InChI=1S/C15H17FN2S/c1-11(2)18-10-12-3-4-15(14(16)9-12)19-13-5-7-17-8-6-13/h3-9,11,18H,10H2,1-2H3. The van der Waals surface area contributed by atoms with Gasteiger partial charge < -0.3 is 5.32 Å². The maximum Gasteiger partial charge on any atom is 0.137 e. The summed E-state index contributed by atoms with van der Waals surface area (Å²) in [7, 11) is 0. The minimum atomic E-state index is -0.176. The van der Waals surface area contributed by atoms with Gasteiger partial charge >= 0.3 is 0 Å². The molecule has 1 aromatic heterocycles. The Morgan fingerprint density at radius 1 is 1.21 bits per heavy atom. The molecule has 2 rings (SSSR count). The van der Waals surface area contributed by atoms with E-state index in [1.807, 2.05) is 24.3 Å². The van der Waals surface area contributed by atoms with E-state index in [2.05, 4.69) is 24.1 Å². The van der Waals surface area contributed by atoms with E-state index in [0.29, 0.717) is 17.5 Å². The number of halogens is 1. The first-order valence-electron chi connectivity index (χ1n) is 6.25. The summed E-state index contributed by atoms with van der Waals surface area (Å²) in [6, 6.07) is 9.53. The maximum atomic E-state index is 14.0. The first-order chi connectivity index (χ1) is 9.15. The van der Waals surface area contributed by atoms with Crippen molar-refractivity contribution < 1.29 is 4.39 Å². The molecule has 1 N–H and O–H groups in total. The van der Waals surface area contributed by atoms with Gasteiger partial charge in [0.05, 0.1) is 0 Å². The second-order valence-electron chi connectivity index (χ2n) is 4.59. The van der Waals surface area contributed by atoms with Crippen molar-refractivity contribution in [3.63, 3.8) is 0 Å². The average molecular weight is 276 g/mol. The molecular formula is C15H17FN2S. The van der Waals surface area contributed by atoms with E-state index in [1.54, 1.807) is 18.5 Å². The van der Waals surface area contributed by atoms with E-state index >= 15 is 0 Å². The molecule has 19 heavy (non-hydrogen) atoms. The highest BCUT2D eigenvalue weighted by molar-refractivity contribution is 7.99. The highest BCUT2D eigenvalue weighted by Gasteiger charge is 2.06. The molecule has 1 aromatic carbocycles. The van der Waals surface area contributed by atoms with Crippen molar-refractivity contribution in [1.29, 1.82) is 0 Å². The molecule has 2 aromatic rings. The summed E-state index contributed by atoms with van der Waals surface area (Å²) in [5, 5.41) is 3.28. The molecule has 2 nitrogen and oxygen atoms in total. The summed E-state index contributed by atoms with van der Waals surface area (Å²) in [5.74, 6) is -0.176. The lowest BCUT2D eigenvalue weighted by Gasteiger charge is -2.09. The first-order valence-corrected chi connectivity index (χ1v) is 7.06. The molecule has 4 heteroatoms. The van der Waals surface area contributed by atoms with Gasteiger partial charge in [-0.25, -0.2) is 4.39 Å². The van der Waals surface area contributed by atoms with Crippen molar-refractivity contribution in [3.05, 3.63) is 54.1 Å². The predicted octanol–water partition coefficient (Wildman–Crippen LogP) is 3.87. The Morgan fingerprint density at radius 2 is 1.95 bits per heavy atom. The van der Waals surface area contributed by atoms with E-state index in [1.165, 1.54) is 11.8 Å². The Bertz CT molecular complexity index is 529. The van der Waals surface area contributed by atoms with Gasteiger partial charge in [-0.2, -0.15) is 0 Å². The van der Waals surface area contributed by atoms with Gasteiger partial charge in [-0.15, -0.1) is 0 Å². The van der Waals surface area contributed by atoms with Crippen molar-refractivity contribution in [2.45, 2.75) is 36.2 Å². The second kappa shape index (κ2) is 6.68. The molecule has 0 unspecified atom stereocenters. The zero-order chi connectivity index (χ0) is 13.7. The number of nitrogens with zero attached hydrogens (tertiary/aromatic N) is 1. The third-order valence-electron chi connectivity index (χ3n) is 2.59. The molecule has 0 saturated heterocycles. The molecule has 1 heterocycles. The lowest BCUT2D eigenvalue weighted by Crippen LogP contribution is -2.21. The summed E-state index contributed by atoms with van der Waals surface area (Å²) in [4.78, 5) is 5.58. The van der Waals surface area contributed by atoms with Crippen molar-refractivity contribution in [3.8, 4) is 0 Å². The molecule has 0 bridgehead atoms. The Hall–Kier alpha value is -1.39. The molecule has 0 fully saturated rings. The number of aromatic nitrogens is 1. The molecule has 0 aliphatic carbocycles. The van der Waals surface area contributed by atoms with Crippen LogP contribution in [0.4, 0.5) is 4.39 Å². The monoisotopic (exact) mass is 276 g/mol. The van der Waals surface area contributed by atoms with Crippen LogP contribution in [0.1, 0.15) is 19.4 Å². The van der Waals surface area contributed by atoms with Crippen molar-refractivity contribution in [1.82, 2.24) is 10.3 Å². The zero-order valence-corrected chi connectivity index (χ0v) is 11.9. The highest BCUT2D eigenvalue weighted by Crippen LogP contribution is 2.29. The lowest BCUT2D eigenvalue weighted by molar-refractivity contribution is 0.574. The minimum absolute atomic E-state index is 0.176. The van der Waals surface area contributed by atoms with Gasteiger partial charge in [0.1, 0.15) is 5.82 Å². The fourth-order valence-corrected chi connectivity index (χ4v) is 2.40. The number of benzene rings is 1. The Labute approximate surface area is 117 Å². The van der Waals surface area contributed by atoms with Crippen LogP contribution in [0, 0.1) is 5.82 Å². The predicted molar refractivity (Wildman–Crippen MR) is 76.7 cm³/mol. The molecule has 0 radical (unpaired) electrons. The molecule has 0 atom stereocenters. The van der Waals surface area contributed by atoms with Crippen LogP contribution in [0.15, 0.2) is 52.5 Å². The highest BCUT2D eigenvalue weighted by atomic mass is 32.2. The normalized spacial score (nSPS) is 10.9. The van der Waals surface area contributed by atoms with Gasteiger partial charge in [0, 0.05) is 34.8 Å². The van der Waals surface area contributed by atoms with Crippen molar-refractivity contribution in [2.75, 3.05) is 0 Å². The van der Waals surface area contributed by atoms with E-state index in [4.69, 9.17) is 0 Å². The molecular weight excluding hydrogens is 259 g/mol. The molecule has 0 aliphatic rings. The van der Waals surface area contributed by atoms with Crippen LogP contribution in [0.25, 0.3) is 0 Å². The van der Waals surface area contributed by atoms with E-state index in [0.717, 1.165) is 10.5 Å². The fourth-order valence-electron chi connectivity index (χ4n) is 1.59. The average Bonchev–Trinajstić information content (AvgIpc) is 2.40. The zero-order valence-electron chi connectivity index (χ0n) is 11.1. The van der Waals surface area contributed by atoms with Crippen LogP contribution in [0.3, 0.4) is 0 Å². The number of pyridine rings is 1. The van der Waals surface area contributed by atoms with E-state index in [9.17, 15) is 4.39 Å². The van der Waals surface area contributed by atoms with Crippen molar-refractivity contribution >= 4 is 11.8 Å². The summed E-state index contributed by atoms with van der Waals surface area (Å²) >= 11 is 1.41. The molecule has 0 amide bonds. The first kappa shape index (κ1) is 14.0. The topological polar surface area (TPSA) is 24.9 Å². The molecule has 0 aliphatic heterocycles. The summed E-state index contributed by atoms with van der Waals surface area (Å²) < 4.78 is 14.0. The fraction of sp³-hybridized carbons (Fsp3) is 0.267. The number of hydrogen-bond donors (Lipinski definition) is 1. The van der Waals surface area contributed by atoms with Crippen LogP contribution < -0.4 is 5.32 Å². The number of hydrogen-bond acceptors (Lipinski definition) is 3. The van der Waals surface area contributed by atoms with E-state index < -0.39 is 0 Å². The molecule has 0 saturated carbocycles. The van der Waals surface area contributed by atoms with Crippen LogP contribution in [-0.2, 0) is 6.54 Å². The lowest BCUT2D eigenvalue weighted by atomic mass is 10.2. The van der Waals surface area contributed by atoms with Gasteiger partial charge in [-0.1, -0.05) is 31.7 Å². The maximum absolute atomic E-state index is 14.0. The molecule has 0 spiro atoms. The smallest absolute Gasteiger partial charge is 0.137 e. The van der Waals surface area contributed by atoms with Crippen LogP contribution >= 0.6 is 11.8 Å². The Kier molecular flexibility index (Phi) is 4.93. The quantitative estimate of drug-likeness (QED) is 0.897. The SMILES string of the molecule is CC(C)NCc1ccc(Sc2ccncc2)c(F)c1. The van der Waals surface area contributed by atoms with Gasteiger partial charge in [0.25, 0.3) is 0 Å². The number of nitrogens with one attached hydrogen (secondary N) is 1.